The molecule has 2 amide bonds. The summed E-state index contributed by atoms with van der Waals surface area (Å²) in [5.41, 5.74) is 0. The van der Waals surface area contributed by atoms with Crippen LogP contribution in [-0.4, -0.2) is 72.7 Å². The lowest BCUT2D eigenvalue weighted by molar-refractivity contribution is -0.195. The van der Waals surface area contributed by atoms with Gasteiger partial charge in [-0.3, -0.25) is 19.3 Å². The van der Waals surface area contributed by atoms with Gasteiger partial charge in [-0.1, -0.05) is 0 Å². The van der Waals surface area contributed by atoms with E-state index in [1.807, 2.05) is 0 Å². The first-order valence-electron chi connectivity index (χ1n) is 4.36. The monoisotopic (exact) mass is 236 g/mol. The van der Waals surface area contributed by atoms with Crippen molar-refractivity contribution in [2.75, 3.05) is 28.3 Å². The normalized spacial score (nSPS) is 14.1. The Morgan fingerprint density at radius 1 is 0.938 bits per heavy atom. The van der Waals surface area contributed by atoms with Crippen LogP contribution in [0.2, 0.25) is 0 Å². The van der Waals surface area contributed by atoms with E-state index in [4.69, 9.17) is 0 Å². The lowest BCUT2D eigenvalue weighted by atomic mass is 10.2. The predicted octanol–water partition coefficient (Wildman–Crippen LogP) is -2.25. The van der Waals surface area contributed by atoms with Crippen molar-refractivity contribution in [2.24, 2.45) is 0 Å². The van der Waals surface area contributed by atoms with Crippen LogP contribution in [0, 0.1) is 0 Å². The van der Waals surface area contributed by atoms with Crippen LogP contribution in [-0.2, 0) is 19.3 Å². The van der Waals surface area contributed by atoms with E-state index in [1.54, 1.807) is 0 Å². The number of amides is 2. The summed E-state index contributed by atoms with van der Waals surface area (Å²) in [7, 11) is 4.89. The minimum atomic E-state index is -1.91. The van der Waals surface area contributed by atoms with E-state index in [2.05, 4.69) is 9.68 Å². The fourth-order valence-electron chi connectivity index (χ4n) is 0.823. The van der Waals surface area contributed by atoms with Crippen molar-refractivity contribution >= 4 is 11.8 Å². The van der Waals surface area contributed by atoms with Crippen molar-refractivity contribution in [1.82, 2.24) is 10.1 Å². The summed E-state index contributed by atoms with van der Waals surface area (Å²) < 4.78 is 0. The van der Waals surface area contributed by atoms with Gasteiger partial charge in [-0.25, -0.2) is 10.1 Å². The summed E-state index contributed by atoms with van der Waals surface area (Å²) in [5, 5.41) is 20.2. The van der Waals surface area contributed by atoms with Gasteiger partial charge in [-0.05, 0) is 0 Å². The van der Waals surface area contributed by atoms with Gasteiger partial charge in [0.05, 0.1) is 14.2 Å². The molecular formula is C8H16N2O6. The highest BCUT2D eigenvalue weighted by Gasteiger charge is 2.34. The molecule has 0 bridgehead atoms. The average Bonchev–Trinajstić information content (AvgIpc) is 2.32. The molecule has 8 nitrogen and oxygen atoms in total. The number of hydrogen-bond donors (Lipinski definition) is 2. The van der Waals surface area contributed by atoms with E-state index in [-0.39, 0.29) is 0 Å². The van der Waals surface area contributed by atoms with Gasteiger partial charge in [-0.2, -0.15) is 0 Å². The first kappa shape index (κ1) is 14.8. The Labute approximate surface area is 92.9 Å². The molecule has 0 aliphatic heterocycles. The molecule has 0 fully saturated rings. The topological polar surface area (TPSA) is 99.5 Å². The third kappa shape index (κ3) is 3.42. The Morgan fingerprint density at radius 3 is 1.38 bits per heavy atom. The van der Waals surface area contributed by atoms with Crippen LogP contribution in [0.3, 0.4) is 0 Å². The Bertz CT molecular complexity index is 233. The van der Waals surface area contributed by atoms with Crippen LogP contribution in [0.25, 0.3) is 0 Å². The number of nitrogens with zero attached hydrogens (tertiary/aromatic N) is 2. The van der Waals surface area contributed by atoms with Gasteiger partial charge in [0, 0.05) is 14.1 Å². The number of carbonyl (C=O) groups is 2. The number of likely N-dealkylation sites (N-methyl/N-ethyl adjacent to an activating group) is 2. The second-order valence-corrected chi connectivity index (χ2v) is 2.93. The van der Waals surface area contributed by atoms with Crippen molar-refractivity contribution in [2.45, 2.75) is 12.2 Å². The summed E-state index contributed by atoms with van der Waals surface area (Å²) >= 11 is 0. The molecule has 8 heteroatoms. The molecular weight excluding hydrogens is 220 g/mol. The molecule has 0 aromatic heterocycles. The smallest absolute Gasteiger partial charge is 0.277 e. The molecule has 2 N–H and O–H groups in total. The molecule has 0 saturated carbocycles. The number of hydrogen-bond acceptors (Lipinski definition) is 6. The van der Waals surface area contributed by atoms with Crippen LogP contribution >= 0.6 is 0 Å². The molecule has 0 heterocycles. The fourth-order valence-corrected chi connectivity index (χ4v) is 0.823. The van der Waals surface area contributed by atoms with Crippen LogP contribution in [0.5, 0.6) is 0 Å². The molecule has 2 atom stereocenters. The lowest BCUT2D eigenvalue weighted by Gasteiger charge is -2.23. The number of aliphatic hydroxyl groups is 2. The highest BCUT2D eigenvalue weighted by atomic mass is 16.7. The van der Waals surface area contributed by atoms with Crippen molar-refractivity contribution in [3.63, 3.8) is 0 Å². The second-order valence-electron chi connectivity index (χ2n) is 2.93. The zero-order valence-electron chi connectivity index (χ0n) is 9.58. The molecule has 0 saturated heterocycles. The van der Waals surface area contributed by atoms with Crippen molar-refractivity contribution in [3.8, 4) is 0 Å². The minimum absolute atomic E-state index is 0.702. The van der Waals surface area contributed by atoms with E-state index < -0.39 is 24.0 Å². The van der Waals surface area contributed by atoms with E-state index in [9.17, 15) is 19.8 Å². The van der Waals surface area contributed by atoms with Gasteiger partial charge in [-0.15, -0.1) is 0 Å². The predicted molar refractivity (Wildman–Crippen MR) is 51.6 cm³/mol. The molecule has 0 aromatic rings. The summed E-state index contributed by atoms with van der Waals surface area (Å²) in [4.78, 5) is 31.6. The molecule has 94 valence electrons. The highest BCUT2D eigenvalue weighted by molar-refractivity contribution is 5.89. The van der Waals surface area contributed by atoms with Gasteiger partial charge in [0.25, 0.3) is 11.8 Å². The maximum atomic E-state index is 11.3. The van der Waals surface area contributed by atoms with Gasteiger partial charge in [0.1, 0.15) is 0 Å². The molecule has 0 spiro atoms. The maximum Gasteiger partial charge on any atom is 0.277 e. The maximum absolute atomic E-state index is 11.3. The molecule has 0 aromatic carbocycles. The quantitative estimate of drug-likeness (QED) is 0.523. The number of rotatable bonds is 5. The first-order chi connectivity index (χ1) is 7.36. The number of aliphatic hydroxyl groups excluding tert-OH is 2. The van der Waals surface area contributed by atoms with Crippen molar-refractivity contribution < 1.29 is 29.5 Å². The van der Waals surface area contributed by atoms with Crippen LogP contribution in [0.15, 0.2) is 0 Å². The third-order valence-corrected chi connectivity index (χ3v) is 1.97. The molecule has 16 heavy (non-hydrogen) atoms. The van der Waals surface area contributed by atoms with Crippen molar-refractivity contribution in [3.05, 3.63) is 0 Å². The van der Waals surface area contributed by atoms with Gasteiger partial charge >= 0.3 is 0 Å². The SMILES string of the molecule is CON(C)C(=O)[C@H](O)[C@@H](O)C(=O)N(C)OC. The third-order valence-electron chi connectivity index (χ3n) is 1.97. The van der Waals surface area contributed by atoms with Gasteiger partial charge in [0.2, 0.25) is 0 Å². The van der Waals surface area contributed by atoms with E-state index >= 15 is 0 Å². The molecule has 0 aliphatic carbocycles. The standard InChI is InChI=1S/C8H16N2O6/c1-9(15-3)7(13)5(11)6(12)8(14)10(2)16-4/h5-6,11-12H,1-4H3/t5-,6-/m1/s1. The van der Waals surface area contributed by atoms with Gasteiger partial charge < -0.3 is 10.2 Å². The van der Waals surface area contributed by atoms with Crippen LogP contribution in [0.1, 0.15) is 0 Å². The fraction of sp³-hybridized carbons (Fsp3) is 0.750. The minimum Gasteiger partial charge on any atom is -0.380 e. The number of carbonyl (C=O) groups excluding carboxylic acids is 2. The Morgan fingerprint density at radius 2 is 1.19 bits per heavy atom. The van der Waals surface area contributed by atoms with Crippen LogP contribution in [0.4, 0.5) is 0 Å². The van der Waals surface area contributed by atoms with Crippen LogP contribution < -0.4 is 0 Å². The molecule has 0 radical (unpaired) electrons. The summed E-state index contributed by atoms with van der Waals surface area (Å²) in [6, 6.07) is 0. The van der Waals surface area contributed by atoms with E-state index in [0.717, 1.165) is 0 Å². The second kappa shape index (κ2) is 6.38. The highest BCUT2D eigenvalue weighted by Crippen LogP contribution is 2.02. The summed E-state index contributed by atoms with van der Waals surface area (Å²) in [6.07, 6.45) is -3.81. The van der Waals surface area contributed by atoms with Gasteiger partial charge in [0.15, 0.2) is 12.2 Å². The van der Waals surface area contributed by atoms with Crippen molar-refractivity contribution in [1.29, 1.82) is 0 Å². The average molecular weight is 236 g/mol. The molecule has 0 aliphatic rings. The first-order valence-corrected chi connectivity index (χ1v) is 4.36. The largest absolute Gasteiger partial charge is 0.380 e. The lowest BCUT2D eigenvalue weighted by Crippen LogP contribution is -2.49. The Balaban J connectivity index is 4.55. The zero-order valence-corrected chi connectivity index (χ0v) is 9.58. The molecule has 0 rings (SSSR count). The summed E-state index contributed by atoms with van der Waals surface area (Å²) in [6.45, 7) is 0. The van der Waals surface area contributed by atoms with E-state index in [1.165, 1.54) is 28.3 Å². The Kier molecular flexibility index (Phi) is 5.89. The Hall–Kier alpha value is -1.22. The zero-order chi connectivity index (χ0) is 12.9. The molecule has 0 unspecified atom stereocenters. The summed E-state index contributed by atoms with van der Waals surface area (Å²) in [5.74, 6) is -1.87. The number of hydroxylamine groups is 4. The van der Waals surface area contributed by atoms with E-state index in [0.29, 0.717) is 10.1 Å².